The van der Waals surface area contributed by atoms with E-state index in [1.54, 1.807) is 7.05 Å². The van der Waals surface area contributed by atoms with E-state index in [4.69, 9.17) is 10.5 Å². The van der Waals surface area contributed by atoms with Crippen LogP contribution in [0.5, 0.6) is 0 Å². The molecular formula is C10H23N3O2. The molecule has 0 aliphatic rings. The third-order valence-corrected chi connectivity index (χ3v) is 2.11. The number of nitrogens with one attached hydrogen (secondary N) is 1. The van der Waals surface area contributed by atoms with Gasteiger partial charge in [0.1, 0.15) is 0 Å². The molecule has 90 valence electrons. The number of rotatable bonds is 8. The summed E-state index contributed by atoms with van der Waals surface area (Å²) in [5, 5.41) is 2.87. The van der Waals surface area contributed by atoms with Gasteiger partial charge in [0.25, 0.3) is 0 Å². The van der Waals surface area contributed by atoms with Crippen LogP contribution in [0.1, 0.15) is 13.8 Å². The van der Waals surface area contributed by atoms with E-state index < -0.39 is 0 Å². The Kier molecular flexibility index (Phi) is 7.29. The van der Waals surface area contributed by atoms with E-state index in [0.717, 1.165) is 6.54 Å². The van der Waals surface area contributed by atoms with Gasteiger partial charge in [-0.3, -0.25) is 4.79 Å². The maximum atomic E-state index is 10.9. The summed E-state index contributed by atoms with van der Waals surface area (Å²) < 4.78 is 5.41. The molecule has 5 heteroatoms. The van der Waals surface area contributed by atoms with Gasteiger partial charge in [0.05, 0.1) is 18.8 Å². The van der Waals surface area contributed by atoms with Crippen LogP contribution in [0.3, 0.4) is 0 Å². The molecule has 0 fully saturated rings. The Morgan fingerprint density at radius 3 is 2.53 bits per heavy atom. The molecule has 0 radical (unpaired) electrons. The zero-order chi connectivity index (χ0) is 11.8. The molecule has 0 saturated heterocycles. The predicted octanol–water partition coefficient (Wildman–Crippen LogP) is -0.583. The molecule has 0 rings (SSSR count). The van der Waals surface area contributed by atoms with Crippen molar-refractivity contribution in [3.8, 4) is 0 Å². The van der Waals surface area contributed by atoms with E-state index in [-0.39, 0.29) is 18.1 Å². The van der Waals surface area contributed by atoms with Gasteiger partial charge >= 0.3 is 0 Å². The van der Waals surface area contributed by atoms with Crippen molar-refractivity contribution in [2.24, 2.45) is 5.73 Å². The molecule has 0 spiro atoms. The first-order valence-corrected chi connectivity index (χ1v) is 5.24. The number of likely N-dealkylation sites (N-methyl/N-ethyl adjacent to an activating group) is 2. The van der Waals surface area contributed by atoms with Crippen molar-refractivity contribution in [1.29, 1.82) is 0 Å². The van der Waals surface area contributed by atoms with Crippen LogP contribution in [0.4, 0.5) is 0 Å². The molecule has 0 saturated carbocycles. The lowest BCUT2D eigenvalue weighted by Crippen LogP contribution is -2.47. The Balaban J connectivity index is 3.71. The van der Waals surface area contributed by atoms with Crippen LogP contribution in [0, 0.1) is 0 Å². The van der Waals surface area contributed by atoms with Crippen molar-refractivity contribution in [2.45, 2.75) is 26.0 Å². The summed E-state index contributed by atoms with van der Waals surface area (Å²) in [7, 11) is 3.67. The number of ether oxygens (including phenoxy) is 1. The number of hydrogen-bond donors (Lipinski definition) is 2. The molecular weight excluding hydrogens is 194 g/mol. The Bertz CT molecular complexity index is 186. The van der Waals surface area contributed by atoms with Crippen LogP contribution in [0.15, 0.2) is 0 Å². The van der Waals surface area contributed by atoms with Gasteiger partial charge in [-0.2, -0.15) is 0 Å². The van der Waals surface area contributed by atoms with E-state index in [9.17, 15) is 4.79 Å². The number of carbonyl (C=O) groups excluding carboxylic acids is 1. The number of nitrogens with zero attached hydrogens (tertiary/aromatic N) is 1. The first-order chi connectivity index (χ1) is 6.97. The average molecular weight is 217 g/mol. The second-order valence-corrected chi connectivity index (χ2v) is 3.93. The highest BCUT2D eigenvalue weighted by atomic mass is 16.5. The lowest BCUT2D eigenvalue weighted by Gasteiger charge is -2.21. The fourth-order valence-electron chi connectivity index (χ4n) is 1.17. The van der Waals surface area contributed by atoms with Crippen LogP contribution in [0.2, 0.25) is 0 Å². The molecule has 0 aliphatic carbocycles. The fourth-order valence-corrected chi connectivity index (χ4v) is 1.17. The van der Waals surface area contributed by atoms with Crippen molar-refractivity contribution >= 4 is 5.91 Å². The first-order valence-electron chi connectivity index (χ1n) is 5.24. The molecule has 0 aliphatic heterocycles. The quantitative estimate of drug-likeness (QED) is 0.570. The van der Waals surface area contributed by atoms with Gasteiger partial charge in [-0.1, -0.05) is 0 Å². The average Bonchev–Trinajstić information content (AvgIpc) is 2.13. The maximum Gasteiger partial charge on any atom is 0.235 e. The molecule has 5 nitrogen and oxygen atoms in total. The fraction of sp³-hybridized carbons (Fsp3) is 0.900. The van der Waals surface area contributed by atoms with E-state index in [0.29, 0.717) is 13.2 Å². The molecule has 3 N–H and O–H groups in total. The van der Waals surface area contributed by atoms with E-state index >= 15 is 0 Å². The summed E-state index contributed by atoms with van der Waals surface area (Å²) in [6, 6.07) is -0.297. The summed E-state index contributed by atoms with van der Waals surface area (Å²) in [5.74, 6) is -0.325. The van der Waals surface area contributed by atoms with Gasteiger partial charge in [-0.05, 0) is 27.9 Å². The second kappa shape index (κ2) is 7.62. The van der Waals surface area contributed by atoms with Gasteiger partial charge in [0.15, 0.2) is 0 Å². The van der Waals surface area contributed by atoms with Crippen LogP contribution >= 0.6 is 0 Å². The van der Waals surface area contributed by atoms with Crippen molar-refractivity contribution in [2.75, 3.05) is 33.8 Å². The van der Waals surface area contributed by atoms with Gasteiger partial charge in [0, 0.05) is 13.1 Å². The summed E-state index contributed by atoms with van der Waals surface area (Å²) in [4.78, 5) is 13.0. The highest BCUT2D eigenvalue weighted by Gasteiger charge is 2.14. The number of nitrogens with two attached hydrogens (primary N) is 1. The Morgan fingerprint density at radius 2 is 2.13 bits per heavy atom. The summed E-state index contributed by atoms with van der Waals surface area (Å²) in [5.41, 5.74) is 5.21. The molecule has 15 heavy (non-hydrogen) atoms. The summed E-state index contributed by atoms with van der Waals surface area (Å²) in [6.07, 6.45) is 0.245. The number of carbonyl (C=O) groups is 1. The standard InChI is InChI=1S/C10H23N3O2/c1-8(2)15-6-5-13(4)7-9(12-3)10(11)14/h8-9,12H,5-7H2,1-4H3,(H2,11,14). The van der Waals surface area contributed by atoms with E-state index in [1.165, 1.54) is 0 Å². The highest BCUT2D eigenvalue weighted by Crippen LogP contribution is 1.91. The molecule has 1 amide bonds. The van der Waals surface area contributed by atoms with Crippen molar-refractivity contribution in [1.82, 2.24) is 10.2 Å². The molecule has 1 unspecified atom stereocenters. The predicted molar refractivity (Wildman–Crippen MR) is 60.6 cm³/mol. The number of primary amides is 1. The maximum absolute atomic E-state index is 10.9. The molecule has 1 atom stereocenters. The topological polar surface area (TPSA) is 67.6 Å². The third-order valence-electron chi connectivity index (χ3n) is 2.11. The number of amides is 1. The van der Waals surface area contributed by atoms with Gasteiger partial charge in [0.2, 0.25) is 5.91 Å². The highest BCUT2D eigenvalue weighted by molar-refractivity contribution is 5.80. The zero-order valence-corrected chi connectivity index (χ0v) is 10.1. The van der Waals surface area contributed by atoms with Crippen LogP contribution in [-0.4, -0.2) is 56.7 Å². The minimum Gasteiger partial charge on any atom is -0.377 e. The van der Waals surface area contributed by atoms with Crippen molar-refractivity contribution in [3.05, 3.63) is 0 Å². The van der Waals surface area contributed by atoms with Gasteiger partial charge < -0.3 is 20.7 Å². The second-order valence-electron chi connectivity index (χ2n) is 3.93. The van der Waals surface area contributed by atoms with Crippen LogP contribution < -0.4 is 11.1 Å². The molecule has 0 bridgehead atoms. The lowest BCUT2D eigenvalue weighted by atomic mass is 10.2. The first kappa shape index (κ1) is 14.3. The largest absolute Gasteiger partial charge is 0.377 e. The summed E-state index contributed by atoms with van der Waals surface area (Å²) in [6.45, 7) is 6.07. The SMILES string of the molecule is CNC(CN(C)CCOC(C)C)C(N)=O. The molecule has 0 aromatic heterocycles. The monoisotopic (exact) mass is 217 g/mol. The molecule has 0 aromatic rings. The van der Waals surface area contributed by atoms with Crippen molar-refractivity contribution < 1.29 is 9.53 Å². The Morgan fingerprint density at radius 1 is 1.53 bits per heavy atom. The minimum absolute atomic E-state index is 0.245. The van der Waals surface area contributed by atoms with Crippen molar-refractivity contribution in [3.63, 3.8) is 0 Å². The van der Waals surface area contributed by atoms with E-state index in [2.05, 4.69) is 5.32 Å². The van der Waals surface area contributed by atoms with Gasteiger partial charge in [-0.15, -0.1) is 0 Å². The minimum atomic E-state index is -0.325. The van der Waals surface area contributed by atoms with Crippen LogP contribution in [-0.2, 0) is 9.53 Å². The smallest absolute Gasteiger partial charge is 0.235 e. The van der Waals surface area contributed by atoms with E-state index in [1.807, 2.05) is 25.8 Å². The third kappa shape index (κ3) is 7.30. The zero-order valence-electron chi connectivity index (χ0n) is 10.1. The van der Waals surface area contributed by atoms with Gasteiger partial charge in [-0.25, -0.2) is 0 Å². The Labute approximate surface area is 91.9 Å². The van der Waals surface area contributed by atoms with Crippen LogP contribution in [0.25, 0.3) is 0 Å². The lowest BCUT2D eigenvalue weighted by molar-refractivity contribution is -0.120. The number of hydrogen-bond acceptors (Lipinski definition) is 4. The Hall–Kier alpha value is -0.650. The molecule has 0 heterocycles. The molecule has 0 aromatic carbocycles. The summed E-state index contributed by atoms with van der Waals surface area (Å²) >= 11 is 0. The normalized spacial score (nSPS) is 13.5.